The number of piperidine rings is 1. The number of nitrogens with zero attached hydrogens (tertiary/aromatic N) is 1. The molecule has 0 aromatic heterocycles. The molecule has 1 saturated carbocycles. The van der Waals surface area contributed by atoms with Gasteiger partial charge in [0.15, 0.2) is 9.84 Å². The molecular formula is C23H37NO4S2. The fraction of sp³-hybridized carbons (Fsp3) is 0.739. The molecule has 0 unspecified atom stereocenters. The molecule has 0 N–H and O–H groups in total. The summed E-state index contributed by atoms with van der Waals surface area (Å²) in [6.45, 7) is 4.78. The molecule has 0 bridgehead atoms. The molecule has 1 aromatic carbocycles. The molecule has 1 heterocycles. The zero-order chi connectivity index (χ0) is 21.8. The minimum absolute atomic E-state index is 0.288. The van der Waals surface area contributed by atoms with Gasteiger partial charge in [-0.3, -0.25) is 0 Å². The fourth-order valence-corrected chi connectivity index (χ4v) is 7.66. The Labute approximate surface area is 183 Å². The van der Waals surface area contributed by atoms with Gasteiger partial charge in [-0.15, -0.1) is 0 Å². The van der Waals surface area contributed by atoms with Crippen molar-refractivity contribution >= 4 is 19.9 Å². The molecule has 170 valence electrons. The van der Waals surface area contributed by atoms with Crippen molar-refractivity contribution < 1.29 is 16.8 Å². The van der Waals surface area contributed by atoms with Crippen molar-refractivity contribution in [3.8, 4) is 0 Å². The quantitative estimate of drug-likeness (QED) is 0.582. The Kier molecular flexibility index (Phi) is 8.02. The number of rotatable bonds is 8. The van der Waals surface area contributed by atoms with Gasteiger partial charge >= 0.3 is 0 Å². The standard InChI is InChI=1S/C23H37NO4S2/c1-19(2)29(25,26)18-22-13-10-20(11-14-22)9-12-21-7-6-8-23(17-21)30(27,28)24-15-4-3-5-16-24/h6-8,17,19-20,22H,3-5,9-16,18H2,1-2H3. The van der Waals surface area contributed by atoms with E-state index in [1.807, 2.05) is 18.2 Å². The lowest BCUT2D eigenvalue weighted by atomic mass is 9.80. The van der Waals surface area contributed by atoms with Gasteiger partial charge in [0, 0.05) is 13.1 Å². The topological polar surface area (TPSA) is 71.5 Å². The molecule has 1 aliphatic heterocycles. The second-order valence-corrected chi connectivity index (χ2v) is 14.0. The molecule has 2 fully saturated rings. The van der Waals surface area contributed by atoms with E-state index in [1.165, 1.54) is 0 Å². The monoisotopic (exact) mass is 455 g/mol. The SMILES string of the molecule is CC(C)S(=O)(=O)CC1CCC(CCc2cccc(S(=O)(=O)N3CCCCC3)c2)CC1. The summed E-state index contributed by atoms with van der Waals surface area (Å²) < 4.78 is 51.8. The Morgan fingerprint density at radius 3 is 2.20 bits per heavy atom. The van der Waals surface area contributed by atoms with Crippen LogP contribution in [0.3, 0.4) is 0 Å². The van der Waals surface area contributed by atoms with Gasteiger partial charge in [0.1, 0.15) is 0 Å². The van der Waals surface area contributed by atoms with Gasteiger partial charge in [-0.05, 0) is 81.9 Å². The Morgan fingerprint density at radius 1 is 0.933 bits per heavy atom. The van der Waals surface area contributed by atoms with Crippen LogP contribution in [-0.2, 0) is 26.3 Å². The van der Waals surface area contributed by atoms with Crippen molar-refractivity contribution in [2.24, 2.45) is 11.8 Å². The number of hydrogen-bond acceptors (Lipinski definition) is 4. The zero-order valence-electron chi connectivity index (χ0n) is 18.4. The second-order valence-electron chi connectivity index (χ2n) is 9.42. The second kappa shape index (κ2) is 10.1. The van der Waals surface area contributed by atoms with Crippen molar-refractivity contribution in [1.29, 1.82) is 0 Å². The van der Waals surface area contributed by atoms with Crippen LogP contribution >= 0.6 is 0 Å². The highest BCUT2D eigenvalue weighted by Crippen LogP contribution is 2.33. The van der Waals surface area contributed by atoms with E-state index < -0.39 is 19.9 Å². The first-order chi connectivity index (χ1) is 14.2. The minimum atomic E-state index is -3.38. The first-order valence-electron chi connectivity index (χ1n) is 11.5. The summed E-state index contributed by atoms with van der Waals surface area (Å²) in [7, 11) is -6.34. The van der Waals surface area contributed by atoms with E-state index in [2.05, 4.69) is 0 Å². The Bertz CT molecular complexity index is 895. The van der Waals surface area contributed by atoms with Gasteiger partial charge < -0.3 is 0 Å². The van der Waals surface area contributed by atoms with Gasteiger partial charge in [-0.25, -0.2) is 16.8 Å². The molecule has 0 atom stereocenters. The van der Waals surface area contributed by atoms with E-state index in [-0.39, 0.29) is 5.25 Å². The third-order valence-electron chi connectivity index (χ3n) is 6.85. The summed E-state index contributed by atoms with van der Waals surface area (Å²) >= 11 is 0. The van der Waals surface area contributed by atoms with Gasteiger partial charge in [0.2, 0.25) is 10.0 Å². The van der Waals surface area contributed by atoms with Crippen molar-refractivity contribution in [3.63, 3.8) is 0 Å². The van der Waals surface area contributed by atoms with Crippen LogP contribution < -0.4 is 0 Å². The molecule has 1 saturated heterocycles. The highest BCUT2D eigenvalue weighted by molar-refractivity contribution is 7.92. The van der Waals surface area contributed by atoms with E-state index in [9.17, 15) is 16.8 Å². The van der Waals surface area contributed by atoms with Crippen LogP contribution in [0.25, 0.3) is 0 Å². The molecule has 1 aromatic rings. The maximum atomic E-state index is 12.9. The highest BCUT2D eigenvalue weighted by atomic mass is 32.2. The van der Waals surface area contributed by atoms with Crippen molar-refractivity contribution in [3.05, 3.63) is 29.8 Å². The zero-order valence-corrected chi connectivity index (χ0v) is 20.1. The Morgan fingerprint density at radius 2 is 1.57 bits per heavy atom. The number of benzene rings is 1. The van der Waals surface area contributed by atoms with Crippen LogP contribution in [-0.4, -0.2) is 45.2 Å². The fourth-order valence-electron chi connectivity index (χ4n) is 4.69. The minimum Gasteiger partial charge on any atom is -0.229 e. The summed E-state index contributed by atoms with van der Waals surface area (Å²) in [5, 5.41) is -0.288. The van der Waals surface area contributed by atoms with Crippen LogP contribution in [0, 0.1) is 11.8 Å². The summed E-state index contributed by atoms with van der Waals surface area (Å²) in [6, 6.07) is 7.45. The normalized spacial score (nSPS) is 24.2. The van der Waals surface area contributed by atoms with E-state index >= 15 is 0 Å². The van der Waals surface area contributed by atoms with E-state index in [1.54, 1.807) is 24.2 Å². The van der Waals surface area contributed by atoms with Crippen molar-refractivity contribution in [2.75, 3.05) is 18.8 Å². The summed E-state index contributed by atoms with van der Waals surface area (Å²) in [4.78, 5) is 0.421. The number of aryl methyl sites for hydroxylation is 1. The largest absolute Gasteiger partial charge is 0.243 e. The predicted molar refractivity (Wildman–Crippen MR) is 122 cm³/mol. The van der Waals surface area contributed by atoms with Crippen LogP contribution in [0.2, 0.25) is 0 Å². The number of sulfonamides is 1. The van der Waals surface area contributed by atoms with E-state index in [0.29, 0.717) is 35.6 Å². The number of hydrogen-bond donors (Lipinski definition) is 0. The van der Waals surface area contributed by atoms with E-state index in [4.69, 9.17) is 0 Å². The van der Waals surface area contributed by atoms with Crippen LogP contribution in [0.4, 0.5) is 0 Å². The molecule has 7 heteroatoms. The first kappa shape index (κ1) is 23.7. The summed E-state index contributed by atoms with van der Waals surface area (Å²) in [5.41, 5.74) is 1.08. The van der Waals surface area contributed by atoms with Crippen LogP contribution in [0.5, 0.6) is 0 Å². The molecule has 0 radical (unpaired) electrons. The van der Waals surface area contributed by atoms with Crippen LogP contribution in [0.15, 0.2) is 29.2 Å². The maximum Gasteiger partial charge on any atom is 0.243 e. The lowest BCUT2D eigenvalue weighted by Gasteiger charge is -2.29. The Hall–Kier alpha value is -0.920. The molecule has 2 aliphatic rings. The van der Waals surface area contributed by atoms with E-state index in [0.717, 1.165) is 63.4 Å². The molecule has 30 heavy (non-hydrogen) atoms. The van der Waals surface area contributed by atoms with Gasteiger partial charge in [-0.2, -0.15) is 4.31 Å². The third-order valence-corrected chi connectivity index (χ3v) is 11.1. The van der Waals surface area contributed by atoms with Gasteiger partial charge in [0.05, 0.1) is 15.9 Å². The molecule has 3 rings (SSSR count). The lowest BCUT2D eigenvalue weighted by Crippen LogP contribution is -2.35. The molecule has 5 nitrogen and oxygen atoms in total. The third kappa shape index (κ3) is 6.07. The van der Waals surface area contributed by atoms with Crippen LogP contribution in [0.1, 0.15) is 70.8 Å². The van der Waals surface area contributed by atoms with Crippen molar-refractivity contribution in [2.45, 2.75) is 81.8 Å². The molecule has 1 aliphatic carbocycles. The van der Waals surface area contributed by atoms with Crippen molar-refractivity contribution in [1.82, 2.24) is 4.31 Å². The molecular weight excluding hydrogens is 418 g/mol. The average molecular weight is 456 g/mol. The first-order valence-corrected chi connectivity index (χ1v) is 14.6. The summed E-state index contributed by atoms with van der Waals surface area (Å²) in [5.74, 6) is 1.23. The predicted octanol–water partition coefficient (Wildman–Crippen LogP) is 4.42. The number of sulfone groups is 1. The average Bonchev–Trinajstić information content (AvgIpc) is 2.74. The smallest absolute Gasteiger partial charge is 0.229 e. The maximum absolute atomic E-state index is 12.9. The van der Waals surface area contributed by atoms with Gasteiger partial charge in [0.25, 0.3) is 0 Å². The lowest BCUT2D eigenvalue weighted by molar-refractivity contribution is 0.278. The molecule has 0 spiro atoms. The Balaban J connectivity index is 1.52. The van der Waals surface area contributed by atoms with Gasteiger partial charge in [-0.1, -0.05) is 31.4 Å². The molecule has 0 amide bonds. The highest BCUT2D eigenvalue weighted by Gasteiger charge is 2.28. The summed E-state index contributed by atoms with van der Waals surface area (Å²) in [6.07, 6.45) is 9.03.